The molecule has 13 heavy (non-hydrogen) atoms. The summed E-state index contributed by atoms with van der Waals surface area (Å²) in [5.74, 6) is -0.154. The molecule has 78 valence electrons. The Labute approximate surface area is 80.4 Å². The summed E-state index contributed by atoms with van der Waals surface area (Å²) in [6.07, 6.45) is 2.55. The first-order valence-corrected chi connectivity index (χ1v) is 4.74. The highest BCUT2D eigenvalue weighted by Gasteiger charge is 2.36. The highest BCUT2D eigenvalue weighted by molar-refractivity contribution is 5.76. The molecule has 0 N–H and O–H groups in total. The minimum absolute atomic E-state index is 0.154. The Kier molecular flexibility index (Phi) is 5.71. The first-order valence-electron chi connectivity index (χ1n) is 4.74. The topological polar surface area (TPSA) is 35.5 Å². The van der Waals surface area contributed by atoms with Crippen molar-refractivity contribution in [2.45, 2.75) is 33.1 Å². The van der Waals surface area contributed by atoms with E-state index in [1.165, 1.54) is 7.11 Å². The molecule has 0 aromatic carbocycles. The van der Waals surface area contributed by atoms with Gasteiger partial charge in [-0.25, -0.2) is 0 Å². The zero-order valence-corrected chi connectivity index (χ0v) is 9.05. The van der Waals surface area contributed by atoms with Gasteiger partial charge in [-0.1, -0.05) is 20.3 Å². The van der Waals surface area contributed by atoms with E-state index in [0.717, 1.165) is 19.3 Å². The fraction of sp³-hybridized carbons (Fsp3) is 0.900. The van der Waals surface area contributed by atoms with Gasteiger partial charge in [0.15, 0.2) is 0 Å². The van der Waals surface area contributed by atoms with Crippen LogP contribution in [-0.4, -0.2) is 26.8 Å². The van der Waals surface area contributed by atoms with Crippen LogP contribution in [0.1, 0.15) is 33.1 Å². The van der Waals surface area contributed by atoms with Crippen molar-refractivity contribution in [2.75, 3.05) is 20.8 Å². The van der Waals surface area contributed by atoms with Crippen LogP contribution in [-0.2, 0) is 14.3 Å². The average molecular weight is 188 g/mol. The monoisotopic (exact) mass is 188 g/mol. The highest BCUT2D eigenvalue weighted by atomic mass is 16.5. The summed E-state index contributed by atoms with van der Waals surface area (Å²) in [5, 5.41) is 0. The molecule has 1 atom stereocenters. The molecule has 3 heteroatoms. The fourth-order valence-corrected chi connectivity index (χ4v) is 1.63. The lowest BCUT2D eigenvalue weighted by Gasteiger charge is -2.28. The van der Waals surface area contributed by atoms with Crippen molar-refractivity contribution in [3.8, 4) is 0 Å². The van der Waals surface area contributed by atoms with Gasteiger partial charge < -0.3 is 9.47 Å². The second-order valence-corrected chi connectivity index (χ2v) is 3.31. The van der Waals surface area contributed by atoms with Gasteiger partial charge >= 0.3 is 5.97 Å². The van der Waals surface area contributed by atoms with Crippen molar-refractivity contribution >= 4 is 5.97 Å². The van der Waals surface area contributed by atoms with Gasteiger partial charge in [-0.15, -0.1) is 0 Å². The van der Waals surface area contributed by atoms with E-state index in [4.69, 9.17) is 9.47 Å². The van der Waals surface area contributed by atoms with Crippen molar-refractivity contribution < 1.29 is 14.3 Å². The largest absolute Gasteiger partial charge is 0.469 e. The quantitative estimate of drug-likeness (QED) is 0.598. The molecule has 0 aliphatic carbocycles. The summed E-state index contributed by atoms with van der Waals surface area (Å²) in [5.41, 5.74) is -0.432. The van der Waals surface area contributed by atoms with Crippen LogP contribution >= 0.6 is 0 Å². The smallest absolute Gasteiger partial charge is 0.314 e. The summed E-state index contributed by atoms with van der Waals surface area (Å²) in [6.45, 7) is 4.50. The van der Waals surface area contributed by atoms with Crippen molar-refractivity contribution in [3.63, 3.8) is 0 Å². The Morgan fingerprint density at radius 1 is 1.31 bits per heavy atom. The number of hydrogen-bond donors (Lipinski definition) is 0. The maximum atomic E-state index is 11.5. The molecule has 0 fully saturated rings. The van der Waals surface area contributed by atoms with E-state index in [0.29, 0.717) is 6.61 Å². The van der Waals surface area contributed by atoms with Gasteiger partial charge in [0.2, 0.25) is 0 Å². The Balaban J connectivity index is 4.52. The standard InChI is InChI=1S/C10H20O3/c1-5-7-10(6-2,8-12-3)9(11)13-4/h5-8H2,1-4H3/t10-/m0/s1. The van der Waals surface area contributed by atoms with Crippen molar-refractivity contribution in [1.29, 1.82) is 0 Å². The van der Waals surface area contributed by atoms with Gasteiger partial charge in [-0.05, 0) is 12.8 Å². The number of carbonyl (C=O) groups is 1. The molecule has 0 heterocycles. The number of rotatable bonds is 6. The number of esters is 1. The first kappa shape index (κ1) is 12.4. The molecule has 0 aromatic heterocycles. The van der Waals surface area contributed by atoms with Gasteiger partial charge in [0, 0.05) is 7.11 Å². The Bertz CT molecular complexity index is 148. The Morgan fingerprint density at radius 3 is 2.23 bits per heavy atom. The van der Waals surface area contributed by atoms with Crippen LogP contribution in [0, 0.1) is 5.41 Å². The predicted molar refractivity (Wildman–Crippen MR) is 51.5 cm³/mol. The maximum Gasteiger partial charge on any atom is 0.314 e. The van der Waals surface area contributed by atoms with E-state index in [9.17, 15) is 4.79 Å². The third kappa shape index (κ3) is 2.99. The normalized spacial score (nSPS) is 15.1. The van der Waals surface area contributed by atoms with Crippen LogP contribution < -0.4 is 0 Å². The van der Waals surface area contributed by atoms with E-state index >= 15 is 0 Å². The SMILES string of the molecule is CCC[C@@](CC)(COC)C(=O)OC. The lowest BCUT2D eigenvalue weighted by Crippen LogP contribution is -2.36. The summed E-state index contributed by atoms with van der Waals surface area (Å²) < 4.78 is 9.87. The van der Waals surface area contributed by atoms with Crippen LogP contribution in [0.4, 0.5) is 0 Å². The minimum atomic E-state index is -0.432. The molecule has 0 saturated heterocycles. The van der Waals surface area contributed by atoms with Gasteiger partial charge in [0.25, 0.3) is 0 Å². The molecule has 0 rings (SSSR count). The molecule has 0 amide bonds. The van der Waals surface area contributed by atoms with Crippen molar-refractivity contribution in [1.82, 2.24) is 0 Å². The second kappa shape index (κ2) is 5.97. The highest BCUT2D eigenvalue weighted by Crippen LogP contribution is 2.29. The molecule has 0 aliphatic heterocycles. The van der Waals surface area contributed by atoms with Crippen LogP contribution in [0.25, 0.3) is 0 Å². The van der Waals surface area contributed by atoms with Gasteiger partial charge in [0.1, 0.15) is 0 Å². The second-order valence-electron chi connectivity index (χ2n) is 3.31. The minimum Gasteiger partial charge on any atom is -0.469 e. The van der Waals surface area contributed by atoms with Gasteiger partial charge in [-0.3, -0.25) is 4.79 Å². The van der Waals surface area contributed by atoms with E-state index in [1.807, 2.05) is 6.92 Å². The van der Waals surface area contributed by atoms with Gasteiger partial charge in [0.05, 0.1) is 19.1 Å². The number of ether oxygens (including phenoxy) is 2. The summed E-state index contributed by atoms with van der Waals surface area (Å²) in [7, 11) is 3.04. The molecule has 0 spiro atoms. The van der Waals surface area contributed by atoms with E-state index < -0.39 is 5.41 Å². The molecular formula is C10H20O3. The lowest BCUT2D eigenvalue weighted by atomic mass is 9.81. The molecular weight excluding hydrogens is 168 g/mol. The first-order chi connectivity index (χ1) is 6.16. The molecule has 0 saturated carbocycles. The van der Waals surface area contributed by atoms with Crippen LogP contribution in [0.2, 0.25) is 0 Å². The zero-order chi connectivity index (χ0) is 10.3. The Hall–Kier alpha value is -0.570. The third-order valence-electron chi connectivity index (χ3n) is 2.44. The van der Waals surface area contributed by atoms with E-state index in [1.54, 1.807) is 7.11 Å². The average Bonchev–Trinajstić information content (AvgIpc) is 2.16. The van der Waals surface area contributed by atoms with Crippen molar-refractivity contribution in [3.05, 3.63) is 0 Å². The maximum absolute atomic E-state index is 11.5. The zero-order valence-electron chi connectivity index (χ0n) is 9.05. The van der Waals surface area contributed by atoms with E-state index in [-0.39, 0.29) is 5.97 Å². The van der Waals surface area contributed by atoms with E-state index in [2.05, 4.69) is 6.92 Å². The van der Waals surface area contributed by atoms with Gasteiger partial charge in [-0.2, -0.15) is 0 Å². The van der Waals surface area contributed by atoms with Crippen molar-refractivity contribution in [2.24, 2.45) is 5.41 Å². The summed E-state index contributed by atoms with van der Waals surface area (Å²) >= 11 is 0. The summed E-state index contributed by atoms with van der Waals surface area (Å²) in [4.78, 5) is 11.5. The van der Waals surface area contributed by atoms with Crippen LogP contribution in [0.15, 0.2) is 0 Å². The number of carbonyl (C=O) groups excluding carboxylic acids is 1. The predicted octanol–water partition coefficient (Wildman–Crippen LogP) is 2.00. The number of methoxy groups -OCH3 is 2. The lowest BCUT2D eigenvalue weighted by molar-refractivity contribution is -0.157. The molecule has 0 bridgehead atoms. The fourth-order valence-electron chi connectivity index (χ4n) is 1.63. The summed E-state index contributed by atoms with van der Waals surface area (Å²) in [6, 6.07) is 0. The third-order valence-corrected chi connectivity index (χ3v) is 2.44. The Morgan fingerprint density at radius 2 is 1.92 bits per heavy atom. The molecule has 0 unspecified atom stereocenters. The van der Waals surface area contributed by atoms with Crippen LogP contribution in [0.3, 0.4) is 0 Å². The molecule has 3 nitrogen and oxygen atoms in total. The molecule has 0 aromatic rings. The number of hydrogen-bond acceptors (Lipinski definition) is 3. The molecule has 0 aliphatic rings. The molecule has 0 radical (unpaired) electrons. The van der Waals surface area contributed by atoms with Crippen LogP contribution in [0.5, 0.6) is 0 Å².